The molecule has 0 spiro atoms. The maximum absolute atomic E-state index is 12.7. The number of carbonyl (C=O) groups excluding carboxylic acids is 3. The normalized spacial score (nSPS) is 11.8. The lowest BCUT2D eigenvalue weighted by molar-refractivity contribution is -0.167. The molecule has 6 nitrogen and oxygen atoms in total. The molecule has 0 fully saturated rings. The van der Waals surface area contributed by atoms with Crippen molar-refractivity contribution in [3.05, 3.63) is 0 Å². The average Bonchev–Trinajstić information content (AvgIpc) is 3.18. The Morgan fingerprint density at radius 3 is 0.727 bits per heavy atom. The van der Waals surface area contributed by atoms with Crippen molar-refractivity contribution >= 4 is 17.9 Å². The monoisotopic (exact) mass is 779 g/mol. The zero-order valence-corrected chi connectivity index (χ0v) is 37.2. The van der Waals surface area contributed by atoms with Crippen molar-refractivity contribution in [3.63, 3.8) is 0 Å². The Hall–Kier alpha value is -1.59. The molecule has 55 heavy (non-hydrogen) atoms. The standard InChI is InChI=1S/C49H94O6/c1-4-7-10-13-16-19-22-24-25-28-30-33-36-39-42-48(51)54-45-46(44-53-47(50)41-38-35-32-29-26-21-18-15-12-9-6-3)55-49(52)43-40-37-34-31-27-23-20-17-14-11-8-5-2/h46H,4-45H2,1-3H3/t46-/m1/s1. The van der Waals surface area contributed by atoms with E-state index in [1.54, 1.807) is 0 Å². The summed E-state index contributed by atoms with van der Waals surface area (Å²) in [4.78, 5) is 37.8. The SMILES string of the molecule is CCCCCCCCCCCCCCCCC(=O)OC[C@@H](COC(=O)CCCCCCCCCCCCC)OC(=O)CCCCCCCCCCCCCC. The highest BCUT2D eigenvalue weighted by Crippen LogP contribution is 2.16. The fraction of sp³-hybridized carbons (Fsp3) is 0.939. The fourth-order valence-corrected chi connectivity index (χ4v) is 7.38. The molecule has 0 bridgehead atoms. The number of rotatable bonds is 45. The summed E-state index contributed by atoms with van der Waals surface area (Å²) >= 11 is 0. The number of hydrogen-bond acceptors (Lipinski definition) is 6. The van der Waals surface area contributed by atoms with Gasteiger partial charge in [-0.25, -0.2) is 0 Å². The van der Waals surface area contributed by atoms with Crippen LogP contribution < -0.4 is 0 Å². The van der Waals surface area contributed by atoms with Crippen LogP contribution in [0.1, 0.15) is 278 Å². The molecule has 326 valence electrons. The van der Waals surface area contributed by atoms with Gasteiger partial charge in [-0.15, -0.1) is 0 Å². The molecule has 0 saturated carbocycles. The summed E-state index contributed by atoms with van der Waals surface area (Å²) < 4.78 is 16.8. The third kappa shape index (κ3) is 43.4. The summed E-state index contributed by atoms with van der Waals surface area (Å²) in [6.45, 7) is 6.66. The quantitative estimate of drug-likeness (QED) is 0.0348. The molecule has 0 N–H and O–H groups in total. The molecule has 0 heterocycles. The minimum Gasteiger partial charge on any atom is -0.462 e. The first-order valence-corrected chi connectivity index (χ1v) is 24.5. The summed E-state index contributed by atoms with van der Waals surface area (Å²) in [5.41, 5.74) is 0. The molecule has 0 unspecified atom stereocenters. The van der Waals surface area contributed by atoms with Crippen molar-refractivity contribution in [1.82, 2.24) is 0 Å². The lowest BCUT2D eigenvalue weighted by Crippen LogP contribution is -2.30. The van der Waals surface area contributed by atoms with E-state index < -0.39 is 6.10 Å². The zero-order chi connectivity index (χ0) is 40.1. The van der Waals surface area contributed by atoms with E-state index >= 15 is 0 Å². The number of ether oxygens (including phenoxy) is 3. The van der Waals surface area contributed by atoms with Crippen molar-refractivity contribution in [2.45, 2.75) is 284 Å². The minimum absolute atomic E-state index is 0.0622. The molecule has 0 aromatic carbocycles. The van der Waals surface area contributed by atoms with Gasteiger partial charge in [0.2, 0.25) is 0 Å². The third-order valence-corrected chi connectivity index (χ3v) is 11.1. The molecule has 0 radical (unpaired) electrons. The number of unbranched alkanes of at least 4 members (excludes halogenated alkanes) is 34. The van der Waals surface area contributed by atoms with Crippen LogP contribution >= 0.6 is 0 Å². The summed E-state index contributed by atoms with van der Waals surface area (Å²) in [7, 11) is 0. The van der Waals surface area contributed by atoms with Gasteiger partial charge in [-0.05, 0) is 19.3 Å². The molecule has 0 amide bonds. The smallest absolute Gasteiger partial charge is 0.306 e. The van der Waals surface area contributed by atoms with Crippen molar-refractivity contribution in [2.24, 2.45) is 0 Å². The predicted octanol–water partition coefficient (Wildman–Crippen LogP) is 15.6. The largest absolute Gasteiger partial charge is 0.462 e. The summed E-state index contributed by atoms with van der Waals surface area (Å²) in [5, 5.41) is 0. The van der Waals surface area contributed by atoms with E-state index in [1.165, 1.54) is 180 Å². The van der Waals surface area contributed by atoms with Gasteiger partial charge in [0.15, 0.2) is 6.10 Å². The van der Waals surface area contributed by atoms with Gasteiger partial charge in [0.05, 0.1) is 0 Å². The first-order valence-electron chi connectivity index (χ1n) is 24.5. The van der Waals surface area contributed by atoms with Crippen molar-refractivity contribution in [2.75, 3.05) is 13.2 Å². The van der Waals surface area contributed by atoms with E-state index in [0.717, 1.165) is 57.8 Å². The van der Waals surface area contributed by atoms with Gasteiger partial charge in [-0.3, -0.25) is 14.4 Å². The summed E-state index contributed by atoms with van der Waals surface area (Å²) in [5.74, 6) is -0.846. The Kier molecular flexibility index (Phi) is 43.8. The molecule has 0 aromatic rings. The summed E-state index contributed by atoms with van der Waals surface area (Å²) in [6.07, 6.45) is 46.5. The van der Waals surface area contributed by atoms with Gasteiger partial charge in [-0.2, -0.15) is 0 Å². The van der Waals surface area contributed by atoms with Crippen molar-refractivity contribution in [3.8, 4) is 0 Å². The first kappa shape index (κ1) is 53.4. The van der Waals surface area contributed by atoms with E-state index in [2.05, 4.69) is 20.8 Å². The molecular weight excluding hydrogens is 685 g/mol. The number of hydrogen-bond donors (Lipinski definition) is 0. The molecule has 0 aromatic heterocycles. The van der Waals surface area contributed by atoms with Crippen LogP contribution in [0.5, 0.6) is 0 Å². The van der Waals surface area contributed by atoms with Gasteiger partial charge in [0.1, 0.15) is 13.2 Å². The van der Waals surface area contributed by atoms with Crippen LogP contribution in [0.4, 0.5) is 0 Å². The lowest BCUT2D eigenvalue weighted by atomic mass is 10.0. The molecule has 0 rings (SSSR count). The Morgan fingerprint density at radius 1 is 0.291 bits per heavy atom. The highest BCUT2D eigenvalue weighted by molar-refractivity contribution is 5.71. The highest BCUT2D eigenvalue weighted by Gasteiger charge is 2.19. The highest BCUT2D eigenvalue weighted by atomic mass is 16.6. The molecule has 0 saturated heterocycles. The Bertz CT molecular complexity index is 813. The third-order valence-electron chi connectivity index (χ3n) is 11.1. The van der Waals surface area contributed by atoms with Gasteiger partial charge in [-0.1, -0.05) is 239 Å². The van der Waals surface area contributed by atoms with E-state index in [-0.39, 0.29) is 31.1 Å². The van der Waals surface area contributed by atoms with Gasteiger partial charge in [0.25, 0.3) is 0 Å². The van der Waals surface area contributed by atoms with E-state index in [9.17, 15) is 14.4 Å². The molecule has 1 atom stereocenters. The molecular formula is C49H94O6. The van der Waals surface area contributed by atoms with Gasteiger partial charge < -0.3 is 14.2 Å². The number of esters is 3. The second-order valence-electron chi connectivity index (χ2n) is 16.7. The molecule has 0 aliphatic carbocycles. The number of carbonyl (C=O) groups is 3. The zero-order valence-electron chi connectivity index (χ0n) is 37.2. The van der Waals surface area contributed by atoms with Gasteiger partial charge >= 0.3 is 17.9 Å². The first-order chi connectivity index (χ1) is 27.0. The Balaban J connectivity index is 4.30. The van der Waals surface area contributed by atoms with Crippen LogP contribution in [-0.4, -0.2) is 37.2 Å². The molecule has 0 aliphatic rings. The lowest BCUT2D eigenvalue weighted by Gasteiger charge is -2.18. The van der Waals surface area contributed by atoms with Gasteiger partial charge in [0, 0.05) is 19.3 Å². The molecule has 6 heteroatoms. The van der Waals surface area contributed by atoms with Crippen LogP contribution in [0.15, 0.2) is 0 Å². The predicted molar refractivity (Wildman–Crippen MR) is 233 cm³/mol. The minimum atomic E-state index is -0.758. The van der Waals surface area contributed by atoms with Crippen LogP contribution in [0.2, 0.25) is 0 Å². The maximum Gasteiger partial charge on any atom is 0.306 e. The maximum atomic E-state index is 12.7. The molecule has 0 aliphatic heterocycles. The second-order valence-corrected chi connectivity index (χ2v) is 16.7. The van der Waals surface area contributed by atoms with Crippen LogP contribution in [-0.2, 0) is 28.6 Å². The van der Waals surface area contributed by atoms with Crippen LogP contribution in [0, 0.1) is 0 Å². The van der Waals surface area contributed by atoms with E-state index in [1.807, 2.05) is 0 Å². The fourth-order valence-electron chi connectivity index (χ4n) is 7.38. The van der Waals surface area contributed by atoms with E-state index in [0.29, 0.717) is 19.3 Å². The van der Waals surface area contributed by atoms with Crippen LogP contribution in [0.3, 0.4) is 0 Å². The topological polar surface area (TPSA) is 78.9 Å². The average molecular weight is 779 g/mol. The summed E-state index contributed by atoms with van der Waals surface area (Å²) in [6, 6.07) is 0. The van der Waals surface area contributed by atoms with E-state index in [4.69, 9.17) is 14.2 Å². The Labute approximate surface area is 342 Å². The Morgan fingerprint density at radius 2 is 0.491 bits per heavy atom. The van der Waals surface area contributed by atoms with Crippen molar-refractivity contribution in [1.29, 1.82) is 0 Å². The second kappa shape index (κ2) is 45.1. The van der Waals surface area contributed by atoms with Crippen molar-refractivity contribution < 1.29 is 28.6 Å². The van der Waals surface area contributed by atoms with Crippen LogP contribution in [0.25, 0.3) is 0 Å².